The highest BCUT2D eigenvalue weighted by molar-refractivity contribution is 9.10. The van der Waals surface area contributed by atoms with Crippen LogP contribution in [-0.2, 0) is 0 Å². The fraction of sp³-hybridized carbons (Fsp3) is 0.571. The first kappa shape index (κ1) is 18.5. The highest BCUT2D eigenvalue weighted by Crippen LogP contribution is 2.38. The maximum atomic E-state index is 9.77. The average molecular weight is 382 g/mol. The van der Waals surface area contributed by atoms with Gasteiger partial charge < -0.3 is 19.9 Å². The van der Waals surface area contributed by atoms with Crippen molar-refractivity contribution in [1.29, 1.82) is 0 Å². The number of hydrogen-bond donors (Lipinski definition) is 2. The predicted octanol–water partition coefficient (Wildman–Crippen LogP) is 1.83. The lowest BCUT2D eigenvalue weighted by molar-refractivity contribution is 0.110. The van der Waals surface area contributed by atoms with E-state index in [9.17, 15) is 5.11 Å². The van der Waals surface area contributed by atoms with E-state index >= 15 is 0 Å². The molecule has 0 amide bonds. The molecule has 2 N–H and O–H groups in total. The highest BCUT2D eigenvalue weighted by Gasteiger charge is 2.23. The fourth-order valence-corrected chi connectivity index (χ4v) is 3.06. The van der Waals surface area contributed by atoms with Crippen LogP contribution in [-0.4, -0.2) is 57.0 Å². The van der Waals surface area contributed by atoms with Gasteiger partial charge in [0.15, 0.2) is 0 Å². The molecule has 1 aliphatic rings. The van der Waals surface area contributed by atoms with Gasteiger partial charge in [0.2, 0.25) is 0 Å². The first-order valence-corrected chi connectivity index (χ1v) is 7.47. The Morgan fingerprint density at radius 1 is 1.24 bits per heavy atom. The number of benzene rings is 1. The van der Waals surface area contributed by atoms with Crippen molar-refractivity contribution < 1.29 is 14.6 Å². The van der Waals surface area contributed by atoms with Gasteiger partial charge in [0.25, 0.3) is 0 Å². The van der Waals surface area contributed by atoms with Crippen molar-refractivity contribution in [3.8, 4) is 11.5 Å². The molecule has 1 saturated heterocycles. The molecule has 1 aromatic carbocycles. The maximum Gasteiger partial charge on any atom is 0.137 e. The van der Waals surface area contributed by atoms with Gasteiger partial charge >= 0.3 is 0 Å². The smallest absolute Gasteiger partial charge is 0.137 e. The lowest BCUT2D eigenvalue weighted by Crippen LogP contribution is -2.46. The molecule has 0 saturated carbocycles. The number of nitrogens with one attached hydrogen (secondary N) is 1. The molecule has 120 valence electrons. The Morgan fingerprint density at radius 2 is 1.76 bits per heavy atom. The van der Waals surface area contributed by atoms with Gasteiger partial charge in [-0.3, -0.25) is 4.90 Å². The van der Waals surface area contributed by atoms with E-state index in [1.54, 1.807) is 14.2 Å². The minimum atomic E-state index is -0.0343. The van der Waals surface area contributed by atoms with Crippen molar-refractivity contribution in [3.05, 3.63) is 22.2 Å². The van der Waals surface area contributed by atoms with E-state index in [1.807, 2.05) is 12.1 Å². The number of halogens is 2. The summed E-state index contributed by atoms with van der Waals surface area (Å²) in [5.41, 5.74) is 1.01. The van der Waals surface area contributed by atoms with Crippen molar-refractivity contribution in [2.45, 2.75) is 6.04 Å². The van der Waals surface area contributed by atoms with E-state index in [-0.39, 0.29) is 25.1 Å². The largest absolute Gasteiger partial charge is 0.495 e. The summed E-state index contributed by atoms with van der Waals surface area (Å²) in [6, 6.07) is 3.87. The molecule has 0 radical (unpaired) electrons. The van der Waals surface area contributed by atoms with Crippen molar-refractivity contribution in [2.24, 2.45) is 0 Å². The normalized spacial score (nSPS) is 17.0. The first-order chi connectivity index (χ1) is 9.71. The Hall–Kier alpha value is -0.530. The average Bonchev–Trinajstić information content (AvgIpc) is 2.50. The van der Waals surface area contributed by atoms with Gasteiger partial charge in [-0.05, 0) is 33.6 Å². The monoisotopic (exact) mass is 380 g/mol. The lowest BCUT2D eigenvalue weighted by Gasteiger charge is -2.34. The quantitative estimate of drug-likeness (QED) is 0.815. The molecular formula is C14H22BrClN2O3. The number of piperazine rings is 1. The van der Waals surface area contributed by atoms with Crippen LogP contribution in [0.3, 0.4) is 0 Å². The van der Waals surface area contributed by atoms with Gasteiger partial charge in [0, 0.05) is 26.2 Å². The molecule has 1 heterocycles. The van der Waals surface area contributed by atoms with Crippen LogP contribution in [0.2, 0.25) is 0 Å². The Labute approximate surface area is 140 Å². The molecule has 0 spiro atoms. The number of aliphatic hydroxyl groups excluding tert-OH is 1. The van der Waals surface area contributed by atoms with Crippen LogP contribution in [0.25, 0.3) is 0 Å². The van der Waals surface area contributed by atoms with Crippen molar-refractivity contribution in [1.82, 2.24) is 10.2 Å². The molecule has 5 nitrogen and oxygen atoms in total. The zero-order valence-electron chi connectivity index (χ0n) is 12.3. The summed E-state index contributed by atoms with van der Waals surface area (Å²) < 4.78 is 11.5. The summed E-state index contributed by atoms with van der Waals surface area (Å²) in [5.74, 6) is 1.43. The second-order valence-electron chi connectivity index (χ2n) is 4.72. The number of ether oxygens (including phenoxy) is 2. The standard InChI is InChI=1S/C14H21BrN2O3.ClH/c1-19-12-7-10(8-13(20-2)14(12)15)11(9-18)17-5-3-16-4-6-17;/h7-8,11,16,18H,3-6,9H2,1-2H3;1H/t11-;/m1./s1. The highest BCUT2D eigenvalue weighted by atomic mass is 79.9. The third-order valence-corrected chi connectivity index (χ3v) is 4.40. The van der Waals surface area contributed by atoms with E-state index in [0.717, 1.165) is 36.2 Å². The number of methoxy groups -OCH3 is 2. The minimum Gasteiger partial charge on any atom is -0.495 e. The van der Waals surface area contributed by atoms with Crippen LogP contribution >= 0.6 is 28.3 Å². The van der Waals surface area contributed by atoms with E-state index in [1.165, 1.54) is 0 Å². The molecular weight excluding hydrogens is 360 g/mol. The minimum absolute atomic E-state index is 0. The Bertz CT molecular complexity index is 431. The molecule has 7 heteroatoms. The fourth-order valence-electron chi connectivity index (χ4n) is 2.51. The summed E-state index contributed by atoms with van der Waals surface area (Å²) in [5, 5.41) is 13.1. The van der Waals surface area contributed by atoms with Gasteiger partial charge in [0.05, 0.1) is 26.9 Å². The molecule has 0 aliphatic carbocycles. The summed E-state index contributed by atoms with van der Waals surface area (Å²) in [4.78, 5) is 2.28. The third kappa shape index (κ3) is 4.23. The molecule has 0 aromatic heterocycles. The molecule has 1 aromatic rings. The van der Waals surface area contributed by atoms with Gasteiger partial charge in [-0.25, -0.2) is 0 Å². The summed E-state index contributed by atoms with van der Waals surface area (Å²) >= 11 is 3.47. The van der Waals surface area contributed by atoms with E-state index in [4.69, 9.17) is 9.47 Å². The molecule has 1 aliphatic heterocycles. The van der Waals surface area contributed by atoms with Crippen LogP contribution in [0.5, 0.6) is 11.5 Å². The first-order valence-electron chi connectivity index (χ1n) is 6.68. The number of nitrogens with zero attached hydrogens (tertiary/aromatic N) is 1. The summed E-state index contributed by atoms with van der Waals surface area (Å²) in [7, 11) is 3.25. The zero-order chi connectivity index (χ0) is 14.5. The molecule has 0 bridgehead atoms. The van der Waals surface area contributed by atoms with E-state index < -0.39 is 0 Å². The van der Waals surface area contributed by atoms with Gasteiger partial charge in [0.1, 0.15) is 16.0 Å². The third-order valence-electron chi connectivity index (χ3n) is 3.62. The maximum absolute atomic E-state index is 9.77. The van der Waals surface area contributed by atoms with Gasteiger partial charge in [-0.2, -0.15) is 0 Å². The van der Waals surface area contributed by atoms with Gasteiger partial charge in [-0.1, -0.05) is 0 Å². The molecule has 0 unspecified atom stereocenters. The summed E-state index contributed by atoms with van der Waals surface area (Å²) in [6.07, 6.45) is 0. The van der Waals surface area contributed by atoms with Crippen molar-refractivity contribution >= 4 is 28.3 Å². The molecule has 21 heavy (non-hydrogen) atoms. The second-order valence-corrected chi connectivity index (χ2v) is 5.52. The molecule has 1 atom stereocenters. The van der Waals surface area contributed by atoms with Crippen LogP contribution < -0.4 is 14.8 Å². The second kappa shape index (κ2) is 8.80. The summed E-state index contributed by atoms with van der Waals surface area (Å²) in [6.45, 7) is 3.81. The lowest BCUT2D eigenvalue weighted by atomic mass is 10.0. The van der Waals surface area contributed by atoms with Crippen LogP contribution in [0.1, 0.15) is 11.6 Å². The van der Waals surface area contributed by atoms with E-state index in [2.05, 4.69) is 26.1 Å². The number of rotatable bonds is 5. The van der Waals surface area contributed by atoms with Crippen molar-refractivity contribution in [2.75, 3.05) is 47.0 Å². The topological polar surface area (TPSA) is 54.0 Å². The Balaban J connectivity index is 0.00000220. The Kier molecular flexibility index (Phi) is 7.76. The molecule has 2 rings (SSSR count). The number of hydrogen-bond acceptors (Lipinski definition) is 5. The van der Waals surface area contributed by atoms with Gasteiger partial charge in [-0.15, -0.1) is 12.4 Å². The predicted molar refractivity (Wildman–Crippen MR) is 88.8 cm³/mol. The van der Waals surface area contributed by atoms with Crippen LogP contribution in [0, 0.1) is 0 Å². The van der Waals surface area contributed by atoms with E-state index in [0.29, 0.717) is 11.5 Å². The molecule has 1 fully saturated rings. The Morgan fingerprint density at radius 3 is 2.19 bits per heavy atom. The SMILES string of the molecule is COc1cc([C@@H](CO)N2CCNCC2)cc(OC)c1Br.Cl. The van der Waals surface area contributed by atoms with Crippen molar-refractivity contribution in [3.63, 3.8) is 0 Å². The zero-order valence-corrected chi connectivity index (χ0v) is 14.7. The van der Waals surface area contributed by atoms with Crippen LogP contribution in [0.4, 0.5) is 0 Å². The number of aliphatic hydroxyl groups is 1. The van der Waals surface area contributed by atoms with Crippen LogP contribution in [0.15, 0.2) is 16.6 Å².